The molecule has 4 aromatic rings. The fourth-order valence-corrected chi connectivity index (χ4v) is 7.10. The molecule has 3 aromatic heterocycles. The molecule has 0 radical (unpaired) electrons. The first-order valence-electron chi connectivity index (χ1n) is 12.4. The molecule has 2 aliphatic heterocycles. The molecule has 2 saturated heterocycles. The molecule has 11 nitrogen and oxygen atoms in total. The van der Waals surface area contributed by atoms with Gasteiger partial charge in [-0.25, -0.2) is 18.4 Å². The second kappa shape index (κ2) is 9.33. The van der Waals surface area contributed by atoms with E-state index in [-0.39, 0.29) is 10.9 Å². The quantitative estimate of drug-likeness (QED) is 0.402. The van der Waals surface area contributed by atoms with Gasteiger partial charge in [-0.3, -0.25) is 9.58 Å². The number of aromatic amines is 1. The highest BCUT2D eigenvalue weighted by molar-refractivity contribution is 7.89. The molecule has 192 valence electrons. The van der Waals surface area contributed by atoms with Crippen molar-refractivity contribution in [2.45, 2.75) is 35.7 Å². The molecule has 12 heteroatoms. The number of nitriles is 2. The Morgan fingerprint density at radius 1 is 1.13 bits per heavy atom. The molecule has 2 fully saturated rings. The van der Waals surface area contributed by atoms with Crippen molar-refractivity contribution in [3.63, 3.8) is 0 Å². The Morgan fingerprint density at radius 2 is 1.95 bits per heavy atom. The number of fused-ring (bicyclic) bond motifs is 1. The number of aromatic nitrogens is 5. The van der Waals surface area contributed by atoms with Gasteiger partial charge in [0.05, 0.1) is 40.9 Å². The minimum atomic E-state index is -3.65. The van der Waals surface area contributed by atoms with Crippen LogP contribution in [-0.4, -0.2) is 74.6 Å². The van der Waals surface area contributed by atoms with Crippen LogP contribution < -0.4 is 0 Å². The van der Waals surface area contributed by atoms with E-state index in [0.717, 1.165) is 22.3 Å². The van der Waals surface area contributed by atoms with Gasteiger partial charge in [-0.1, -0.05) is 6.07 Å². The summed E-state index contributed by atoms with van der Waals surface area (Å²) in [6.45, 7) is 2.18. The van der Waals surface area contributed by atoms with Gasteiger partial charge in [-0.15, -0.1) is 0 Å². The van der Waals surface area contributed by atoms with Crippen LogP contribution in [0.2, 0.25) is 0 Å². The van der Waals surface area contributed by atoms with Crippen molar-refractivity contribution in [1.29, 1.82) is 10.5 Å². The Bertz CT molecular complexity index is 1680. The Kier molecular flexibility index (Phi) is 5.95. The first kappa shape index (κ1) is 24.2. The summed E-state index contributed by atoms with van der Waals surface area (Å²) in [7, 11) is -3.65. The van der Waals surface area contributed by atoms with E-state index < -0.39 is 15.6 Å². The standard InChI is InChI=1S/C26H25N9O2S/c27-8-7-26(35-15-20(14-32-35)24-23-4-9-29-25(23)31-18-30-24)16-33(17-26)21-5-10-34(11-6-21)38(36,37)22-3-1-2-19(12-22)13-28/h1-4,9,12,14-15,18,21H,5-7,10-11,16-17H2,(H,29,30,31). The molecular formula is C26H25N9O2S. The van der Waals surface area contributed by atoms with Gasteiger partial charge < -0.3 is 4.98 Å². The number of benzene rings is 1. The van der Waals surface area contributed by atoms with Crippen LogP contribution in [0.25, 0.3) is 22.3 Å². The number of piperidine rings is 1. The SMILES string of the molecule is N#CCC1(n2cc(-c3ncnc4[nH]ccc34)cn2)CN(C2CCN(S(=O)(=O)c3cccc(C#N)c3)CC2)C1. The number of nitrogens with one attached hydrogen (secondary N) is 1. The van der Waals surface area contributed by atoms with Crippen LogP contribution >= 0.6 is 0 Å². The van der Waals surface area contributed by atoms with E-state index in [1.165, 1.54) is 22.8 Å². The van der Waals surface area contributed by atoms with Crippen molar-refractivity contribution in [3.05, 3.63) is 60.8 Å². The predicted molar refractivity (Wildman–Crippen MR) is 138 cm³/mol. The maximum absolute atomic E-state index is 13.1. The van der Waals surface area contributed by atoms with E-state index in [2.05, 4.69) is 31.0 Å². The summed E-state index contributed by atoms with van der Waals surface area (Å²) in [6.07, 6.45) is 8.82. The molecule has 6 rings (SSSR count). The largest absolute Gasteiger partial charge is 0.346 e. The molecule has 0 saturated carbocycles. The van der Waals surface area contributed by atoms with Crippen molar-refractivity contribution in [1.82, 2.24) is 33.9 Å². The molecule has 0 unspecified atom stereocenters. The molecule has 0 atom stereocenters. The van der Waals surface area contributed by atoms with Crippen molar-refractivity contribution in [2.75, 3.05) is 26.2 Å². The van der Waals surface area contributed by atoms with E-state index in [1.807, 2.05) is 29.2 Å². The summed E-state index contributed by atoms with van der Waals surface area (Å²) in [4.78, 5) is 14.3. The number of hydrogen-bond donors (Lipinski definition) is 1. The van der Waals surface area contributed by atoms with Gasteiger partial charge in [-0.05, 0) is 37.1 Å². The van der Waals surface area contributed by atoms with Gasteiger partial charge in [-0.2, -0.15) is 19.9 Å². The summed E-state index contributed by atoms with van der Waals surface area (Å²) < 4.78 is 29.6. The average Bonchev–Trinajstić information content (AvgIpc) is 3.61. The first-order valence-corrected chi connectivity index (χ1v) is 13.8. The summed E-state index contributed by atoms with van der Waals surface area (Å²) in [6, 6.07) is 12.7. The van der Waals surface area contributed by atoms with Gasteiger partial charge in [0.15, 0.2) is 0 Å². The highest BCUT2D eigenvalue weighted by atomic mass is 32.2. The second-order valence-corrected chi connectivity index (χ2v) is 11.8. The number of likely N-dealkylation sites (tertiary alicyclic amines) is 1. The summed E-state index contributed by atoms with van der Waals surface area (Å²) in [5, 5.41) is 24.3. The zero-order valence-corrected chi connectivity index (χ0v) is 21.3. The lowest BCUT2D eigenvalue weighted by Crippen LogP contribution is -2.66. The van der Waals surface area contributed by atoms with E-state index in [4.69, 9.17) is 5.26 Å². The molecule has 0 aliphatic carbocycles. The van der Waals surface area contributed by atoms with Gasteiger partial charge in [0.25, 0.3) is 0 Å². The van der Waals surface area contributed by atoms with Crippen molar-refractivity contribution < 1.29 is 8.42 Å². The highest BCUT2D eigenvalue weighted by Crippen LogP contribution is 2.37. The molecule has 1 N–H and O–H groups in total. The molecule has 1 aromatic carbocycles. The van der Waals surface area contributed by atoms with E-state index in [1.54, 1.807) is 18.3 Å². The summed E-state index contributed by atoms with van der Waals surface area (Å²) in [5.74, 6) is 0. The van der Waals surface area contributed by atoms with Gasteiger partial charge in [0, 0.05) is 55.6 Å². The molecule has 0 bridgehead atoms. The molecular weight excluding hydrogens is 502 g/mol. The fourth-order valence-electron chi connectivity index (χ4n) is 5.58. The maximum Gasteiger partial charge on any atom is 0.243 e. The minimum Gasteiger partial charge on any atom is -0.346 e. The summed E-state index contributed by atoms with van der Waals surface area (Å²) >= 11 is 0. The lowest BCUT2D eigenvalue weighted by atomic mass is 9.84. The summed E-state index contributed by atoms with van der Waals surface area (Å²) in [5.41, 5.74) is 2.31. The normalized spacial score (nSPS) is 18.6. The number of sulfonamides is 1. The van der Waals surface area contributed by atoms with E-state index in [9.17, 15) is 13.7 Å². The van der Waals surface area contributed by atoms with Crippen molar-refractivity contribution in [3.8, 4) is 23.4 Å². The zero-order valence-electron chi connectivity index (χ0n) is 20.5. The zero-order chi connectivity index (χ0) is 26.3. The first-order chi connectivity index (χ1) is 18.4. The monoisotopic (exact) mass is 527 g/mol. The number of nitrogens with zero attached hydrogens (tertiary/aromatic N) is 8. The number of H-pyrrole nitrogens is 1. The Balaban J connectivity index is 1.14. The van der Waals surface area contributed by atoms with Crippen LogP contribution in [0.1, 0.15) is 24.8 Å². The third-order valence-corrected chi connectivity index (χ3v) is 9.53. The van der Waals surface area contributed by atoms with E-state index >= 15 is 0 Å². The van der Waals surface area contributed by atoms with Crippen molar-refractivity contribution in [2.24, 2.45) is 0 Å². The lowest BCUT2D eigenvalue weighted by molar-refractivity contribution is -0.0382. The topological polar surface area (TPSA) is 148 Å². The van der Waals surface area contributed by atoms with Crippen LogP contribution in [0.5, 0.6) is 0 Å². The molecule has 0 spiro atoms. The molecule has 0 amide bonds. The van der Waals surface area contributed by atoms with Gasteiger partial charge in [0.2, 0.25) is 10.0 Å². The van der Waals surface area contributed by atoms with Crippen LogP contribution in [0.4, 0.5) is 0 Å². The molecule has 38 heavy (non-hydrogen) atoms. The van der Waals surface area contributed by atoms with Crippen molar-refractivity contribution >= 4 is 21.1 Å². The van der Waals surface area contributed by atoms with Crippen LogP contribution in [-0.2, 0) is 15.6 Å². The maximum atomic E-state index is 13.1. The Labute approximate surface area is 220 Å². The third kappa shape index (κ3) is 4.03. The van der Waals surface area contributed by atoms with Gasteiger partial charge in [0.1, 0.15) is 17.5 Å². The van der Waals surface area contributed by atoms with Gasteiger partial charge >= 0.3 is 0 Å². The van der Waals surface area contributed by atoms with Crippen LogP contribution in [0.3, 0.4) is 0 Å². The van der Waals surface area contributed by atoms with Crippen LogP contribution in [0.15, 0.2) is 60.1 Å². The third-order valence-electron chi connectivity index (χ3n) is 7.64. The average molecular weight is 528 g/mol. The van der Waals surface area contributed by atoms with E-state index in [0.29, 0.717) is 51.0 Å². The fraction of sp³-hybridized carbons (Fsp3) is 0.346. The smallest absolute Gasteiger partial charge is 0.243 e. The lowest BCUT2D eigenvalue weighted by Gasteiger charge is -2.53. The number of hydrogen-bond acceptors (Lipinski definition) is 8. The predicted octanol–water partition coefficient (Wildman–Crippen LogP) is 2.47. The second-order valence-electron chi connectivity index (χ2n) is 9.87. The number of rotatable bonds is 6. The Hall–Kier alpha value is -4.10. The Morgan fingerprint density at radius 3 is 2.71 bits per heavy atom. The van der Waals surface area contributed by atoms with Crippen LogP contribution in [0, 0.1) is 22.7 Å². The molecule has 2 aliphatic rings. The molecule has 5 heterocycles. The highest BCUT2D eigenvalue weighted by Gasteiger charge is 2.48. The minimum absolute atomic E-state index is 0.155.